The van der Waals surface area contributed by atoms with Crippen LogP contribution in [0.3, 0.4) is 0 Å². The molecule has 0 aliphatic rings. The van der Waals surface area contributed by atoms with Crippen LogP contribution in [0.4, 0.5) is 0 Å². The quantitative estimate of drug-likeness (QED) is 0.0397. The average Bonchev–Trinajstić information content (AvgIpc) is 1.63. The first-order valence-electron chi connectivity index (χ1n) is 33.5. The van der Waals surface area contributed by atoms with Gasteiger partial charge in [0, 0.05) is 137 Å². The Kier molecular flexibility index (Phi) is 23.4. The molecule has 0 aromatic carbocycles. The Morgan fingerprint density at radius 1 is 0.255 bits per heavy atom. The van der Waals surface area contributed by atoms with E-state index in [0.717, 1.165) is 27.4 Å². The monoisotopic (exact) mass is 1470 g/mol. The van der Waals surface area contributed by atoms with E-state index < -0.39 is 56.4 Å². The Hall–Kier alpha value is -11.9. The van der Waals surface area contributed by atoms with Crippen LogP contribution in [0.2, 0.25) is 0 Å². The maximum absolute atomic E-state index is 12.5. The smallest absolute Gasteiger partial charge is 0.332 e. The SMILES string of the molecule is Cn1c(=O)c2c(ncn2CC(=O)CCCCCC(=O)Cn2cnc3c2c(=O)n(C)c(=O)n3C)n(C)c1=O.Cn1c(=O)c2c(ncn2CCOCCCOCCn2cnc3c2c(=O)n(C)c(=O)n3C)n(C)c1=O.Cn1c(=O)c2c(ncn2CCOCCOCCn2cnc3c2c(=O)n(C)c(=O)n3C)n(C)c1=O. The molecule has 42 heteroatoms. The Bertz CT molecular complexity index is 5800. The van der Waals surface area contributed by atoms with Crippen LogP contribution < -0.4 is 67.5 Å². The number of Topliss-reactive ketones (excluding diaryl/α,β-unsaturated/α-hetero) is 2. The molecule has 42 nitrogen and oxygen atoms in total. The number of nitrogens with zero attached hydrogens (tertiary/aromatic N) is 24. The number of ketones is 2. The summed E-state index contributed by atoms with van der Waals surface area (Å²) in [6.45, 7) is 4.61. The molecule has 0 saturated heterocycles. The van der Waals surface area contributed by atoms with Crippen LogP contribution >= 0.6 is 0 Å². The molecule has 12 rings (SSSR count). The van der Waals surface area contributed by atoms with Crippen molar-refractivity contribution in [1.82, 2.24) is 112 Å². The van der Waals surface area contributed by atoms with Gasteiger partial charge in [0.2, 0.25) is 0 Å². The van der Waals surface area contributed by atoms with E-state index in [4.69, 9.17) is 18.9 Å². The number of ether oxygens (including phenoxy) is 4. The van der Waals surface area contributed by atoms with Crippen molar-refractivity contribution in [2.75, 3.05) is 52.9 Å². The highest BCUT2D eigenvalue weighted by molar-refractivity contribution is 5.82. The van der Waals surface area contributed by atoms with Gasteiger partial charge in [-0.3, -0.25) is 93.2 Å². The Morgan fingerprint density at radius 3 is 0.679 bits per heavy atom. The van der Waals surface area contributed by atoms with E-state index in [0.29, 0.717) is 149 Å². The molecule has 0 amide bonds. The lowest BCUT2D eigenvalue weighted by molar-refractivity contribution is -0.120. The summed E-state index contributed by atoms with van der Waals surface area (Å²) < 4.78 is 46.1. The number of unbranched alkanes of at least 4 members (excludes halogenated alkanes) is 2. The summed E-state index contributed by atoms with van der Waals surface area (Å²) in [7, 11) is 17.8. The van der Waals surface area contributed by atoms with E-state index in [1.807, 2.05) is 0 Å². The van der Waals surface area contributed by atoms with Gasteiger partial charge in [-0.25, -0.2) is 58.7 Å². The van der Waals surface area contributed by atoms with Crippen LogP contribution in [0.15, 0.2) is 95.5 Å². The van der Waals surface area contributed by atoms with Gasteiger partial charge in [-0.15, -0.1) is 0 Å². The van der Waals surface area contributed by atoms with Crippen molar-refractivity contribution in [3.8, 4) is 0 Å². The molecule has 106 heavy (non-hydrogen) atoms. The third-order valence-corrected chi connectivity index (χ3v) is 18.3. The van der Waals surface area contributed by atoms with Crippen molar-refractivity contribution in [2.45, 2.75) is 77.8 Å². The second-order valence-corrected chi connectivity index (χ2v) is 25.2. The molecule has 0 bridgehead atoms. The van der Waals surface area contributed by atoms with E-state index in [1.165, 1.54) is 131 Å². The first-order chi connectivity index (χ1) is 50.5. The molecule has 0 unspecified atom stereocenters. The number of fused-ring (bicyclic) bond motifs is 6. The van der Waals surface area contributed by atoms with Gasteiger partial charge in [0.15, 0.2) is 78.5 Å². The zero-order valence-corrected chi connectivity index (χ0v) is 60.7. The minimum absolute atomic E-state index is 0.0337. The van der Waals surface area contributed by atoms with Crippen molar-refractivity contribution in [1.29, 1.82) is 0 Å². The summed E-state index contributed by atoms with van der Waals surface area (Å²) in [6, 6.07) is 0. The van der Waals surface area contributed by atoms with Crippen LogP contribution in [0.5, 0.6) is 0 Å². The molecule has 0 atom stereocenters. The first-order valence-corrected chi connectivity index (χ1v) is 33.5. The lowest BCUT2D eigenvalue weighted by Gasteiger charge is -2.09. The third kappa shape index (κ3) is 15.1. The van der Waals surface area contributed by atoms with E-state index in [1.54, 1.807) is 46.5 Å². The fourth-order valence-corrected chi connectivity index (χ4v) is 12.1. The minimum Gasteiger partial charge on any atom is -0.380 e. The van der Waals surface area contributed by atoms with Gasteiger partial charge in [-0.2, -0.15) is 0 Å². The summed E-state index contributed by atoms with van der Waals surface area (Å²) in [5, 5.41) is 0. The van der Waals surface area contributed by atoms with Crippen LogP contribution in [0, 0.1) is 0 Å². The third-order valence-electron chi connectivity index (χ3n) is 18.3. The van der Waals surface area contributed by atoms with Gasteiger partial charge in [-0.05, 0) is 19.3 Å². The summed E-state index contributed by atoms with van der Waals surface area (Å²) in [4.78, 5) is 197. The summed E-state index contributed by atoms with van der Waals surface area (Å²) in [6.07, 6.45) is 11.9. The molecule has 0 N–H and O–H groups in total. The zero-order valence-electron chi connectivity index (χ0n) is 60.7. The molecule has 0 aliphatic carbocycles. The lowest BCUT2D eigenvalue weighted by atomic mass is 10.1. The number of hydrogen-bond donors (Lipinski definition) is 0. The standard InChI is InChI=1S/C23H28N8O6.C21H28N8O6.C20H26N8O6/c1-26-18-16(20(34)28(3)22(26)36)30(12-24-18)10-14(32)8-6-5-7-9-15(33)11-31-13-25-19-17(31)21(35)29(4)23(37)27(19)2;1-24-16-14(18(30)26(3)20(24)32)28(12-22-16)6-10-34-8-5-9-35-11-7-29-13-23-17-15(29)19(31)27(4)21(33)25(17)2;1-23-15-13(17(29)25(3)19(23)31)27(11-21-15)5-7-33-9-10-34-8-6-28-12-22-16-14(28)18(30)26(4)20(32)24(16)2/h12-13H,5-11H2,1-4H3;12-13H,5-11H2,1-4H3;11-12H,5-10H2,1-4H3. The van der Waals surface area contributed by atoms with Crippen LogP contribution in [-0.4, -0.2) is 177 Å². The van der Waals surface area contributed by atoms with Crippen LogP contribution in [0.1, 0.15) is 38.5 Å². The highest BCUT2D eigenvalue weighted by atomic mass is 16.5. The van der Waals surface area contributed by atoms with Gasteiger partial charge >= 0.3 is 34.1 Å². The summed E-state index contributed by atoms with van der Waals surface area (Å²) in [5.74, 6) is -0.180. The van der Waals surface area contributed by atoms with Gasteiger partial charge in [0.25, 0.3) is 33.4 Å². The maximum atomic E-state index is 12.5. The van der Waals surface area contributed by atoms with E-state index in [-0.39, 0.29) is 70.9 Å². The van der Waals surface area contributed by atoms with E-state index in [9.17, 15) is 67.1 Å². The summed E-state index contributed by atoms with van der Waals surface area (Å²) >= 11 is 0. The molecule has 12 aromatic rings. The van der Waals surface area contributed by atoms with Crippen molar-refractivity contribution in [2.24, 2.45) is 84.6 Å². The zero-order chi connectivity index (χ0) is 76.9. The first kappa shape index (κ1) is 76.7. The van der Waals surface area contributed by atoms with Crippen LogP contribution in [-0.2, 0) is 152 Å². The molecule has 0 aliphatic heterocycles. The maximum Gasteiger partial charge on any atom is 0.332 e. The van der Waals surface area contributed by atoms with Gasteiger partial charge in [0.05, 0.1) is 90.7 Å². The van der Waals surface area contributed by atoms with Crippen molar-refractivity contribution in [3.63, 3.8) is 0 Å². The molecular formula is C64H82N24O18. The largest absolute Gasteiger partial charge is 0.380 e. The normalized spacial score (nSPS) is 11.7. The topological polar surface area (TPSA) is 442 Å². The lowest BCUT2D eigenvalue weighted by Crippen LogP contribution is -2.37. The van der Waals surface area contributed by atoms with Crippen molar-refractivity contribution in [3.05, 3.63) is 163 Å². The number of hydrogen-bond acceptors (Lipinski definition) is 24. The molecule has 12 aromatic heterocycles. The Balaban J connectivity index is 0.000000170. The van der Waals surface area contributed by atoms with Gasteiger partial charge in [0.1, 0.15) is 0 Å². The summed E-state index contributed by atoms with van der Waals surface area (Å²) in [5.41, 5.74) is -1.63. The number of aryl methyl sites for hydroxylation is 6. The molecular weight excluding hydrogens is 1390 g/mol. The Morgan fingerprint density at radius 2 is 0.453 bits per heavy atom. The predicted octanol–water partition coefficient (Wildman–Crippen LogP) is -4.81. The molecule has 0 saturated carbocycles. The number of carbonyl (C=O) groups is 2. The second-order valence-electron chi connectivity index (χ2n) is 25.2. The average molecular weight is 1480 g/mol. The fraction of sp³-hybridized carbons (Fsp3) is 0.500. The Labute approximate surface area is 595 Å². The number of rotatable bonds is 29. The molecule has 12 heterocycles. The fourth-order valence-electron chi connectivity index (χ4n) is 12.1. The van der Waals surface area contributed by atoms with Gasteiger partial charge < -0.3 is 46.4 Å². The number of carbonyl (C=O) groups excluding carboxylic acids is 2. The second kappa shape index (κ2) is 32.4. The molecule has 0 spiro atoms. The predicted molar refractivity (Wildman–Crippen MR) is 382 cm³/mol. The van der Waals surface area contributed by atoms with Crippen molar-refractivity contribution < 1.29 is 28.5 Å². The molecule has 0 radical (unpaired) electrons. The molecule has 0 fully saturated rings. The van der Waals surface area contributed by atoms with E-state index >= 15 is 0 Å². The number of imidazole rings is 6. The number of aromatic nitrogens is 24. The van der Waals surface area contributed by atoms with Crippen molar-refractivity contribution >= 4 is 78.5 Å². The van der Waals surface area contributed by atoms with E-state index in [2.05, 4.69) is 29.9 Å². The molecule has 566 valence electrons. The highest BCUT2D eigenvalue weighted by Gasteiger charge is 2.22. The van der Waals surface area contributed by atoms with Crippen LogP contribution in [0.25, 0.3) is 67.0 Å². The van der Waals surface area contributed by atoms with Gasteiger partial charge in [-0.1, -0.05) is 6.42 Å². The minimum atomic E-state index is -0.507. The highest BCUT2D eigenvalue weighted by Crippen LogP contribution is 2.14.